The van der Waals surface area contributed by atoms with Crippen molar-refractivity contribution in [1.29, 1.82) is 0 Å². The number of thioether (sulfide) groups is 1. The van der Waals surface area contributed by atoms with Gasteiger partial charge in [-0.3, -0.25) is 9.69 Å². The van der Waals surface area contributed by atoms with Crippen LogP contribution < -0.4 is 9.64 Å². The molecule has 0 unspecified atom stereocenters. The molecule has 154 valence electrons. The van der Waals surface area contributed by atoms with Crippen molar-refractivity contribution >= 4 is 39.3 Å². The summed E-state index contributed by atoms with van der Waals surface area (Å²) in [6.07, 6.45) is -0.567. The zero-order chi connectivity index (χ0) is 21.3. The Morgan fingerprint density at radius 2 is 2.03 bits per heavy atom. The number of rotatable bonds is 4. The van der Waals surface area contributed by atoms with E-state index in [9.17, 15) is 9.18 Å². The molecule has 1 aliphatic heterocycles. The highest BCUT2D eigenvalue weighted by atomic mass is 79.9. The normalized spacial score (nSPS) is 15.1. The fraction of sp³-hybridized carbons (Fsp3) is 0.238. The summed E-state index contributed by atoms with van der Waals surface area (Å²) < 4.78 is 21.3. The van der Waals surface area contributed by atoms with Gasteiger partial charge in [-0.2, -0.15) is 4.98 Å². The van der Waals surface area contributed by atoms with Crippen molar-refractivity contribution < 1.29 is 13.9 Å². The van der Waals surface area contributed by atoms with E-state index in [1.807, 2.05) is 31.2 Å². The maximum Gasteiger partial charge on any atom is 0.247 e. The van der Waals surface area contributed by atoms with Gasteiger partial charge in [0.15, 0.2) is 5.69 Å². The first-order valence-electron chi connectivity index (χ1n) is 9.44. The molecule has 0 saturated carbocycles. The largest absolute Gasteiger partial charge is 0.447 e. The van der Waals surface area contributed by atoms with Gasteiger partial charge in [0.25, 0.3) is 0 Å². The van der Waals surface area contributed by atoms with E-state index >= 15 is 0 Å². The molecule has 0 radical (unpaired) electrons. The highest BCUT2D eigenvalue weighted by molar-refractivity contribution is 9.10. The van der Waals surface area contributed by atoms with Crippen LogP contribution >= 0.6 is 27.7 Å². The Kier molecular flexibility index (Phi) is 6.01. The number of halogens is 2. The summed E-state index contributed by atoms with van der Waals surface area (Å²) in [4.78, 5) is 19.1. The fourth-order valence-corrected chi connectivity index (χ4v) is 4.23. The van der Waals surface area contributed by atoms with Crippen LogP contribution in [0.15, 0.2) is 52.1 Å². The molecule has 0 saturated heterocycles. The van der Waals surface area contributed by atoms with Crippen LogP contribution in [-0.4, -0.2) is 26.8 Å². The number of carbonyl (C=O) groups excluding carboxylic acids is 1. The third kappa shape index (κ3) is 3.79. The summed E-state index contributed by atoms with van der Waals surface area (Å²) in [6, 6.07) is 11.7. The Balaban J connectivity index is 1.99. The number of fused-ring (bicyclic) bond motifs is 3. The number of anilines is 1. The van der Waals surface area contributed by atoms with Crippen molar-refractivity contribution in [2.75, 3.05) is 10.7 Å². The van der Waals surface area contributed by atoms with Crippen LogP contribution in [0.2, 0.25) is 0 Å². The van der Waals surface area contributed by atoms with Crippen LogP contribution in [0.5, 0.6) is 5.88 Å². The van der Waals surface area contributed by atoms with Crippen molar-refractivity contribution in [2.45, 2.75) is 31.7 Å². The summed E-state index contributed by atoms with van der Waals surface area (Å²) in [5, 5.41) is 8.87. The van der Waals surface area contributed by atoms with Gasteiger partial charge in [0.05, 0.1) is 5.69 Å². The van der Waals surface area contributed by atoms with E-state index in [1.165, 1.54) is 28.8 Å². The molecule has 0 fully saturated rings. The molecule has 0 bridgehead atoms. The Labute approximate surface area is 186 Å². The van der Waals surface area contributed by atoms with Crippen LogP contribution in [0.25, 0.3) is 11.3 Å². The highest BCUT2D eigenvalue weighted by Gasteiger charge is 2.36. The van der Waals surface area contributed by atoms with Gasteiger partial charge in [0.2, 0.25) is 23.2 Å². The number of hydrogen-bond donors (Lipinski definition) is 0. The molecule has 4 rings (SSSR count). The number of amides is 1. The molecule has 1 aliphatic rings. The lowest BCUT2D eigenvalue weighted by Gasteiger charge is -2.31. The number of benzene rings is 2. The molecule has 0 spiro atoms. The minimum atomic E-state index is -0.810. The van der Waals surface area contributed by atoms with E-state index in [-0.39, 0.29) is 18.2 Å². The topological polar surface area (TPSA) is 68.2 Å². The number of carbonyl (C=O) groups is 1. The van der Waals surface area contributed by atoms with Crippen molar-refractivity contribution in [3.05, 3.63) is 58.3 Å². The molecule has 2 aromatic carbocycles. The lowest BCUT2D eigenvalue weighted by molar-refractivity contribution is -0.120. The Bertz CT molecular complexity index is 1110. The van der Waals surface area contributed by atoms with Gasteiger partial charge in [-0.1, -0.05) is 59.7 Å². The summed E-state index contributed by atoms with van der Waals surface area (Å²) in [5.74, 6) is 0.351. The molecule has 1 aromatic heterocycles. The second-order valence-electron chi connectivity index (χ2n) is 6.45. The number of nitrogens with zero attached hydrogens (tertiary/aromatic N) is 4. The van der Waals surface area contributed by atoms with Crippen LogP contribution in [0.1, 0.15) is 32.1 Å². The van der Waals surface area contributed by atoms with Crippen LogP contribution in [0, 0.1) is 5.82 Å². The molecule has 6 nitrogen and oxygen atoms in total. The zero-order valence-corrected chi connectivity index (χ0v) is 18.7. The maximum atomic E-state index is 14.2. The second kappa shape index (κ2) is 8.69. The molecule has 2 heterocycles. The predicted molar refractivity (Wildman–Crippen MR) is 117 cm³/mol. The zero-order valence-electron chi connectivity index (χ0n) is 16.3. The Hall–Kier alpha value is -2.52. The third-order valence-electron chi connectivity index (χ3n) is 4.58. The first kappa shape index (κ1) is 20.7. The van der Waals surface area contributed by atoms with Crippen LogP contribution in [0.3, 0.4) is 0 Å². The molecule has 1 amide bonds. The Morgan fingerprint density at radius 1 is 1.23 bits per heavy atom. The van der Waals surface area contributed by atoms with E-state index in [0.29, 0.717) is 22.1 Å². The van der Waals surface area contributed by atoms with E-state index in [2.05, 4.69) is 31.1 Å². The highest BCUT2D eigenvalue weighted by Crippen LogP contribution is 2.44. The minimum Gasteiger partial charge on any atom is -0.447 e. The van der Waals surface area contributed by atoms with Crippen molar-refractivity contribution in [2.24, 2.45) is 0 Å². The van der Waals surface area contributed by atoms with Crippen LogP contribution in [0.4, 0.5) is 10.1 Å². The molecule has 3 aromatic rings. The average molecular weight is 489 g/mol. The SMILES string of the molecule is CCSc1nnc2c(n1)O[C@@H](c1ccccc1Br)N(C(=O)CC)c1ccc(F)cc1-2. The number of aromatic nitrogens is 3. The van der Waals surface area contributed by atoms with Crippen molar-refractivity contribution in [3.8, 4) is 17.1 Å². The number of hydrogen-bond acceptors (Lipinski definition) is 6. The predicted octanol–water partition coefficient (Wildman–Crippen LogP) is 5.39. The summed E-state index contributed by atoms with van der Waals surface area (Å²) in [5.41, 5.74) is 1.95. The van der Waals surface area contributed by atoms with Crippen molar-refractivity contribution in [1.82, 2.24) is 15.2 Å². The van der Waals surface area contributed by atoms with E-state index in [1.54, 1.807) is 13.0 Å². The Morgan fingerprint density at radius 3 is 2.77 bits per heavy atom. The molecule has 1 atom stereocenters. The molecule has 9 heteroatoms. The first-order chi connectivity index (χ1) is 14.5. The molecule has 30 heavy (non-hydrogen) atoms. The molecule has 0 aliphatic carbocycles. The average Bonchev–Trinajstić information content (AvgIpc) is 2.88. The molecular formula is C21H18BrFN4O2S. The fourth-order valence-electron chi connectivity index (χ4n) is 3.25. The van der Waals surface area contributed by atoms with Gasteiger partial charge in [0.1, 0.15) is 5.82 Å². The quantitative estimate of drug-likeness (QED) is 0.458. The van der Waals surface area contributed by atoms with Gasteiger partial charge in [-0.05, 0) is 30.0 Å². The maximum absolute atomic E-state index is 14.2. The van der Waals surface area contributed by atoms with E-state index in [0.717, 1.165) is 15.8 Å². The summed E-state index contributed by atoms with van der Waals surface area (Å²) in [7, 11) is 0. The van der Waals surface area contributed by atoms with Gasteiger partial charge < -0.3 is 4.74 Å². The summed E-state index contributed by atoms with van der Waals surface area (Å²) in [6.45, 7) is 3.76. The van der Waals surface area contributed by atoms with E-state index < -0.39 is 12.0 Å². The number of ether oxygens (including phenoxy) is 1. The lowest BCUT2D eigenvalue weighted by Crippen LogP contribution is -2.37. The van der Waals surface area contributed by atoms with Gasteiger partial charge in [-0.15, -0.1) is 10.2 Å². The monoisotopic (exact) mass is 488 g/mol. The summed E-state index contributed by atoms with van der Waals surface area (Å²) >= 11 is 4.98. The lowest BCUT2D eigenvalue weighted by atomic mass is 10.1. The van der Waals surface area contributed by atoms with Crippen molar-refractivity contribution in [3.63, 3.8) is 0 Å². The second-order valence-corrected chi connectivity index (χ2v) is 8.54. The van der Waals surface area contributed by atoms with Gasteiger partial charge in [0, 0.05) is 22.0 Å². The standard InChI is InChI=1S/C21H18BrFN4O2S/c1-3-17(28)27-16-10-9-12(23)11-14(16)18-19(24-21(26-25-18)30-4-2)29-20(27)13-7-5-6-8-15(13)22/h5-11,20H,3-4H2,1-2H3/t20-/m0/s1. The van der Waals surface area contributed by atoms with Gasteiger partial charge in [-0.25, -0.2) is 4.39 Å². The molecule has 0 N–H and O–H groups in total. The van der Waals surface area contributed by atoms with E-state index in [4.69, 9.17) is 4.74 Å². The van der Waals surface area contributed by atoms with Gasteiger partial charge >= 0.3 is 0 Å². The minimum absolute atomic E-state index is 0.174. The third-order valence-corrected chi connectivity index (χ3v) is 6.02. The smallest absolute Gasteiger partial charge is 0.247 e. The first-order valence-corrected chi connectivity index (χ1v) is 11.2. The van der Waals surface area contributed by atoms with Crippen LogP contribution in [-0.2, 0) is 4.79 Å². The molecular weight excluding hydrogens is 471 g/mol.